The first kappa shape index (κ1) is 14.8. The molecule has 6 heteroatoms. The maximum absolute atomic E-state index is 11.9. The van der Waals surface area contributed by atoms with Gasteiger partial charge in [0.25, 0.3) is 5.91 Å². The summed E-state index contributed by atoms with van der Waals surface area (Å²) >= 11 is 0. The van der Waals surface area contributed by atoms with Crippen LogP contribution in [0.25, 0.3) is 0 Å². The summed E-state index contributed by atoms with van der Waals surface area (Å²) < 4.78 is 5.02. The van der Waals surface area contributed by atoms with E-state index in [1.807, 2.05) is 19.0 Å². The highest BCUT2D eigenvalue weighted by Gasteiger charge is 2.19. The predicted octanol–water partition coefficient (Wildman–Crippen LogP) is 0.756. The molecule has 0 saturated heterocycles. The minimum atomic E-state index is -0.915. The van der Waals surface area contributed by atoms with Gasteiger partial charge in [-0.05, 0) is 24.6 Å². The van der Waals surface area contributed by atoms with Crippen molar-refractivity contribution >= 4 is 23.3 Å². The Kier molecular flexibility index (Phi) is 4.74. The molecule has 0 bridgehead atoms. The van der Waals surface area contributed by atoms with Crippen LogP contribution in [0.3, 0.4) is 0 Å². The molecule has 104 valence electrons. The molecule has 1 aromatic rings. The average Bonchev–Trinajstić information content (AvgIpc) is 2.34. The lowest BCUT2D eigenvalue weighted by molar-refractivity contribution is -0.126. The standard InChI is InChI=1S/C13H19N3O3/c1-4-11(12(15)17)19-13(18)8-5-6-10(16(2)3)9(14)7-8/h5-7,11H,4,14H2,1-3H3,(H2,15,17). The van der Waals surface area contributed by atoms with Crippen molar-refractivity contribution in [2.75, 3.05) is 24.7 Å². The lowest BCUT2D eigenvalue weighted by atomic mass is 10.1. The van der Waals surface area contributed by atoms with Gasteiger partial charge in [0.15, 0.2) is 6.10 Å². The van der Waals surface area contributed by atoms with E-state index in [4.69, 9.17) is 16.2 Å². The molecule has 0 aliphatic rings. The number of carbonyl (C=O) groups excluding carboxylic acids is 2. The summed E-state index contributed by atoms with van der Waals surface area (Å²) in [6.45, 7) is 1.71. The van der Waals surface area contributed by atoms with Crippen LogP contribution in [0, 0.1) is 0 Å². The van der Waals surface area contributed by atoms with Gasteiger partial charge in [0, 0.05) is 14.1 Å². The Hall–Kier alpha value is -2.24. The molecule has 0 aliphatic heterocycles. The van der Waals surface area contributed by atoms with Gasteiger partial charge in [-0.1, -0.05) is 6.92 Å². The summed E-state index contributed by atoms with van der Waals surface area (Å²) in [5.74, 6) is -1.27. The number of benzene rings is 1. The monoisotopic (exact) mass is 265 g/mol. The molecule has 1 unspecified atom stereocenters. The van der Waals surface area contributed by atoms with Crippen LogP contribution in [0.2, 0.25) is 0 Å². The van der Waals surface area contributed by atoms with Crippen LogP contribution in [0.4, 0.5) is 11.4 Å². The second-order valence-electron chi connectivity index (χ2n) is 4.37. The summed E-state index contributed by atoms with van der Waals surface area (Å²) in [7, 11) is 3.70. The highest BCUT2D eigenvalue weighted by Crippen LogP contribution is 2.22. The van der Waals surface area contributed by atoms with Gasteiger partial charge in [-0.15, -0.1) is 0 Å². The molecule has 1 amide bonds. The van der Waals surface area contributed by atoms with Gasteiger partial charge >= 0.3 is 5.97 Å². The minimum absolute atomic E-state index is 0.294. The number of hydrogen-bond acceptors (Lipinski definition) is 5. The Morgan fingerprint density at radius 3 is 2.42 bits per heavy atom. The summed E-state index contributed by atoms with van der Waals surface area (Å²) in [6.07, 6.45) is -0.575. The van der Waals surface area contributed by atoms with Gasteiger partial charge in [0.05, 0.1) is 16.9 Å². The molecule has 1 rings (SSSR count). The Bertz CT molecular complexity index is 486. The predicted molar refractivity (Wildman–Crippen MR) is 73.9 cm³/mol. The third-order valence-electron chi connectivity index (χ3n) is 2.68. The highest BCUT2D eigenvalue weighted by molar-refractivity contribution is 5.94. The third-order valence-corrected chi connectivity index (χ3v) is 2.68. The normalized spacial score (nSPS) is 11.7. The first-order valence-corrected chi connectivity index (χ1v) is 5.94. The molecule has 0 saturated carbocycles. The number of anilines is 2. The number of ether oxygens (including phenoxy) is 1. The van der Waals surface area contributed by atoms with Gasteiger partial charge in [0.2, 0.25) is 0 Å². The molecule has 0 fully saturated rings. The molecule has 0 radical (unpaired) electrons. The smallest absolute Gasteiger partial charge is 0.338 e. The van der Waals surface area contributed by atoms with Crippen molar-refractivity contribution in [2.45, 2.75) is 19.4 Å². The van der Waals surface area contributed by atoms with E-state index >= 15 is 0 Å². The van der Waals surface area contributed by atoms with Crippen LogP contribution in [-0.2, 0) is 9.53 Å². The molecule has 19 heavy (non-hydrogen) atoms. The molecule has 1 atom stereocenters. The zero-order valence-corrected chi connectivity index (χ0v) is 11.3. The van der Waals surface area contributed by atoms with Gasteiger partial charge in [-0.2, -0.15) is 0 Å². The fourth-order valence-electron chi connectivity index (χ4n) is 1.63. The highest BCUT2D eigenvalue weighted by atomic mass is 16.5. The van der Waals surface area contributed by atoms with Crippen molar-refractivity contribution in [3.05, 3.63) is 23.8 Å². The lowest BCUT2D eigenvalue weighted by Crippen LogP contribution is -2.32. The van der Waals surface area contributed by atoms with Gasteiger partial charge in [-0.3, -0.25) is 4.79 Å². The zero-order valence-electron chi connectivity index (χ0n) is 11.3. The van der Waals surface area contributed by atoms with Crippen molar-refractivity contribution in [3.8, 4) is 0 Å². The largest absolute Gasteiger partial charge is 0.449 e. The van der Waals surface area contributed by atoms with E-state index in [2.05, 4.69) is 0 Å². The van der Waals surface area contributed by atoms with Crippen molar-refractivity contribution < 1.29 is 14.3 Å². The second-order valence-corrected chi connectivity index (χ2v) is 4.37. The number of nitrogen functional groups attached to an aromatic ring is 1. The van der Waals surface area contributed by atoms with Crippen LogP contribution in [0.15, 0.2) is 18.2 Å². The van der Waals surface area contributed by atoms with Crippen LogP contribution in [-0.4, -0.2) is 32.1 Å². The van der Waals surface area contributed by atoms with E-state index in [1.54, 1.807) is 19.1 Å². The maximum Gasteiger partial charge on any atom is 0.338 e. The van der Waals surface area contributed by atoms with E-state index in [9.17, 15) is 9.59 Å². The van der Waals surface area contributed by atoms with E-state index in [0.717, 1.165) is 5.69 Å². The number of hydrogen-bond donors (Lipinski definition) is 2. The summed E-state index contributed by atoms with van der Waals surface area (Å²) in [5.41, 5.74) is 12.5. The molecule has 0 aliphatic carbocycles. The van der Waals surface area contributed by atoms with Crippen LogP contribution in [0.1, 0.15) is 23.7 Å². The summed E-state index contributed by atoms with van der Waals surface area (Å²) in [6, 6.07) is 4.84. The van der Waals surface area contributed by atoms with E-state index < -0.39 is 18.0 Å². The number of primary amides is 1. The molecule has 4 N–H and O–H groups in total. The molecule has 1 aromatic carbocycles. The number of esters is 1. The second kappa shape index (κ2) is 6.08. The van der Waals surface area contributed by atoms with Crippen molar-refractivity contribution in [1.29, 1.82) is 0 Å². The van der Waals surface area contributed by atoms with Crippen LogP contribution in [0.5, 0.6) is 0 Å². The maximum atomic E-state index is 11.9. The quantitative estimate of drug-likeness (QED) is 0.604. The number of nitrogens with zero attached hydrogens (tertiary/aromatic N) is 1. The van der Waals surface area contributed by atoms with Crippen molar-refractivity contribution in [1.82, 2.24) is 0 Å². The van der Waals surface area contributed by atoms with Gasteiger partial charge in [0.1, 0.15) is 0 Å². The van der Waals surface area contributed by atoms with E-state index in [-0.39, 0.29) is 0 Å². The molecule has 0 aromatic heterocycles. The third kappa shape index (κ3) is 3.61. The summed E-state index contributed by atoms with van der Waals surface area (Å²) in [5, 5.41) is 0. The molecule has 0 heterocycles. The topological polar surface area (TPSA) is 98.7 Å². The lowest BCUT2D eigenvalue weighted by Gasteiger charge is -2.16. The SMILES string of the molecule is CCC(OC(=O)c1ccc(N(C)C)c(N)c1)C(N)=O. The van der Waals surface area contributed by atoms with Gasteiger partial charge in [-0.25, -0.2) is 4.79 Å². The number of rotatable bonds is 5. The molecular formula is C13H19N3O3. The van der Waals surface area contributed by atoms with Crippen molar-refractivity contribution in [2.24, 2.45) is 5.73 Å². The Morgan fingerprint density at radius 1 is 1.37 bits per heavy atom. The fourth-order valence-corrected chi connectivity index (χ4v) is 1.63. The first-order chi connectivity index (χ1) is 8.86. The molecule has 6 nitrogen and oxygen atoms in total. The van der Waals surface area contributed by atoms with E-state index in [1.165, 1.54) is 6.07 Å². The Balaban J connectivity index is 2.89. The number of carbonyl (C=O) groups is 2. The Morgan fingerprint density at radius 2 is 2.00 bits per heavy atom. The average molecular weight is 265 g/mol. The molecular weight excluding hydrogens is 246 g/mol. The minimum Gasteiger partial charge on any atom is -0.449 e. The van der Waals surface area contributed by atoms with Crippen molar-refractivity contribution in [3.63, 3.8) is 0 Å². The molecule has 0 spiro atoms. The fraction of sp³-hybridized carbons (Fsp3) is 0.385. The van der Waals surface area contributed by atoms with Crippen LogP contribution >= 0.6 is 0 Å². The van der Waals surface area contributed by atoms with E-state index in [0.29, 0.717) is 17.7 Å². The zero-order chi connectivity index (χ0) is 14.6. The van der Waals surface area contributed by atoms with Gasteiger partial charge < -0.3 is 21.1 Å². The van der Waals surface area contributed by atoms with Crippen LogP contribution < -0.4 is 16.4 Å². The summed E-state index contributed by atoms with van der Waals surface area (Å²) in [4.78, 5) is 24.7. The Labute approximate surface area is 112 Å². The number of nitrogens with two attached hydrogens (primary N) is 2. The number of amides is 1. The first-order valence-electron chi connectivity index (χ1n) is 5.94.